The number of nitrogens with zero attached hydrogens (tertiary/aromatic N) is 2. The van der Waals surface area contributed by atoms with Gasteiger partial charge in [-0.2, -0.15) is 0 Å². The molecule has 2 atom stereocenters. The summed E-state index contributed by atoms with van der Waals surface area (Å²) in [5.41, 5.74) is 1.22. The molecular formula is C21H27N3O3. The summed E-state index contributed by atoms with van der Waals surface area (Å²) in [7, 11) is 0. The van der Waals surface area contributed by atoms with Crippen molar-refractivity contribution in [3.05, 3.63) is 29.8 Å². The minimum absolute atomic E-state index is 0.00602. The van der Waals surface area contributed by atoms with Crippen molar-refractivity contribution >= 4 is 23.4 Å². The Morgan fingerprint density at radius 2 is 2.04 bits per heavy atom. The van der Waals surface area contributed by atoms with Crippen LogP contribution in [0.2, 0.25) is 0 Å². The monoisotopic (exact) mass is 369 g/mol. The number of amides is 3. The zero-order valence-corrected chi connectivity index (χ0v) is 15.9. The van der Waals surface area contributed by atoms with Crippen LogP contribution in [-0.4, -0.2) is 53.2 Å². The number of hydrogen-bond acceptors (Lipinski definition) is 3. The second-order valence-corrected chi connectivity index (χ2v) is 7.89. The number of fused-ring (bicyclic) bond motifs is 2. The summed E-state index contributed by atoms with van der Waals surface area (Å²) in [4.78, 5) is 41.8. The van der Waals surface area contributed by atoms with E-state index in [9.17, 15) is 14.4 Å². The lowest BCUT2D eigenvalue weighted by Crippen LogP contribution is -2.51. The second-order valence-electron chi connectivity index (χ2n) is 7.89. The summed E-state index contributed by atoms with van der Waals surface area (Å²) >= 11 is 0. The average molecular weight is 369 g/mol. The molecule has 3 aliphatic rings. The summed E-state index contributed by atoms with van der Waals surface area (Å²) in [6.07, 6.45) is 4.71. The Morgan fingerprint density at radius 1 is 1.22 bits per heavy atom. The van der Waals surface area contributed by atoms with Gasteiger partial charge >= 0.3 is 0 Å². The average Bonchev–Trinajstić information content (AvgIpc) is 3.18. The number of rotatable bonds is 4. The number of anilines is 1. The van der Waals surface area contributed by atoms with Crippen LogP contribution in [0.1, 0.15) is 51.0 Å². The third-order valence-electron chi connectivity index (χ3n) is 6.38. The fourth-order valence-corrected chi connectivity index (χ4v) is 5.06. The molecule has 4 rings (SSSR count). The molecule has 0 unspecified atom stereocenters. The number of benzene rings is 1. The van der Waals surface area contributed by atoms with E-state index >= 15 is 0 Å². The van der Waals surface area contributed by atoms with Crippen molar-refractivity contribution in [1.82, 2.24) is 9.80 Å². The van der Waals surface area contributed by atoms with Gasteiger partial charge in [-0.05, 0) is 37.3 Å². The SMILES string of the molecule is CCC[C@@H]1N(C(=O)CN2CCCCC2=O)CC[C@]12C(=O)Nc1ccccc12. The molecule has 6 nitrogen and oxygen atoms in total. The normalized spacial score (nSPS) is 27.2. The number of likely N-dealkylation sites (tertiary alicyclic amines) is 2. The number of carbonyl (C=O) groups is 3. The molecule has 1 aromatic rings. The van der Waals surface area contributed by atoms with E-state index in [4.69, 9.17) is 0 Å². The first-order chi connectivity index (χ1) is 13.1. The van der Waals surface area contributed by atoms with Crippen molar-refractivity contribution in [3.63, 3.8) is 0 Å². The highest BCUT2D eigenvalue weighted by Gasteiger charge is 2.58. The molecule has 3 heterocycles. The van der Waals surface area contributed by atoms with Crippen molar-refractivity contribution < 1.29 is 14.4 Å². The predicted molar refractivity (Wildman–Crippen MR) is 102 cm³/mol. The topological polar surface area (TPSA) is 69.7 Å². The molecule has 3 amide bonds. The Morgan fingerprint density at radius 3 is 2.81 bits per heavy atom. The smallest absolute Gasteiger partial charge is 0.242 e. The molecule has 1 spiro atoms. The molecule has 0 bridgehead atoms. The molecule has 0 aliphatic carbocycles. The number of carbonyl (C=O) groups excluding carboxylic acids is 3. The van der Waals surface area contributed by atoms with E-state index in [1.54, 1.807) is 4.90 Å². The Balaban J connectivity index is 1.61. The van der Waals surface area contributed by atoms with Gasteiger partial charge in [-0.15, -0.1) is 0 Å². The molecule has 0 radical (unpaired) electrons. The maximum Gasteiger partial charge on any atom is 0.242 e. The summed E-state index contributed by atoms with van der Waals surface area (Å²) in [6.45, 7) is 3.44. The molecule has 6 heteroatoms. The van der Waals surface area contributed by atoms with Gasteiger partial charge in [0.1, 0.15) is 0 Å². The zero-order chi connectivity index (χ0) is 19.0. The Hall–Kier alpha value is -2.37. The van der Waals surface area contributed by atoms with Crippen LogP contribution in [0.5, 0.6) is 0 Å². The minimum Gasteiger partial charge on any atom is -0.337 e. The van der Waals surface area contributed by atoms with Crippen LogP contribution in [0.3, 0.4) is 0 Å². The van der Waals surface area contributed by atoms with Gasteiger partial charge in [-0.25, -0.2) is 0 Å². The van der Waals surface area contributed by atoms with E-state index in [0.717, 1.165) is 36.9 Å². The first-order valence-corrected chi connectivity index (χ1v) is 10.1. The summed E-state index contributed by atoms with van der Waals surface area (Å²) in [6, 6.07) is 7.67. The lowest BCUT2D eigenvalue weighted by Gasteiger charge is -2.35. The highest BCUT2D eigenvalue weighted by molar-refractivity contribution is 6.07. The maximum atomic E-state index is 13.1. The summed E-state index contributed by atoms with van der Waals surface area (Å²) in [5, 5.41) is 3.03. The second kappa shape index (κ2) is 6.98. The highest BCUT2D eigenvalue weighted by atomic mass is 16.2. The fourth-order valence-electron chi connectivity index (χ4n) is 5.06. The highest BCUT2D eigenvalue weighted by Crippen LogP contribution is 2.49. The number of nitrogens with one attached hydrogen (secondary N) is 1. The van der Waals surface area contributed by atoms with Crippen molar-refractivity contribution in [2.24, 2.45) is 0 Å². The number of piperidine rings is 1. The third-order valence-corrected chi connectivity index (χ3v) is 6.38. The maximum absolute atomic E-state index is 13.1. The number of para-hydroxylation sites is 1. The lowest BCUT2D eigenvalue weighted by molar-refractivity contribution is -0.143. The first-order valence-electron chi connectivity index (χ1n) is 10.1. The molecule has 2 fully saturated rings. The van der Waals surface area contributed by atoms with Crippen molar-refractivity contribution in [2.75, 3.05) is 25.0 Å². The van der Waals surface area contributed by atoms with Gasteiger partial charge in [0, 0.05) is 25.2 Å². The van der Waals surface area contributed by atoms with E-state index in [0.29, 0.717) is 25.9 Å². The largest absolute Gasteiger partial charge is 0.337 e. The Bertz CT molecular complexity index is 778. The summed E-state index contributed by atoms with van der Waals surface area (Å²) in [5.74, 6) is 0.0451. The number of hydrogen-bond donors (Lipinski definition) is 1. The fraction of sp³-hybridized carbons (Fsp3) is 0.571. The molecular weight excluding hydrogens is 342 g/mol. The van der Waals surface area contributed by atoms with E-state index < -0.39 is 5.41 Å². The Kier molecular flexibility index (Phi) is 4.66. The van der Waals surface area contributed by atoms with Crippen LogP contribution >= 0.6 is 0 Å². The van der Waals surface area contributed by atoms with Crippen LogP contribution < -0.4 is 5.32 Å². The van der Waals surface area contributed by atoms with Gasteiger partial charge in [0.2, 0.25) is 17.7 Å². The minimum atomic E-state index is -0.659. The van der Waals surface area contributed by atoms with E-state index in [-0.39, 0.29) is 30.3 Å². The van der Waals surface area contributed by atoms with Crippen LogP contribution in [0.4, 0.5) is 5.69 Å². The molecule has 0 saturated carbocycles. The van der Waals surface area contributed by atoms with Gasteiger partial charge in [0.05, 0.1) is 18.0 Å². The molecule has 0 aromatic heterocycles. The first kappa shape index (κ1) is 18.0. The van der Waals surface area contributed by atoms with Crippen molar-refractivity contribution in [3.8, 4) is 0 Å². The molecule has 1 aromatic carbocycles. The molecule has 144 valence electrons. The molecule has 2 saturated heterocycles. The Labute approximate surface area is 159 Å². The van der Waals surface area contributed by atoms with E-state index in [2.05, 4.69) is 12.2 Å². The van der Waals surface area contributed by atoms with E-state index in [1.165, 1.54) is 0 Å². The standard InChI is InChI=1S/C21H27N3O3/c1-2-7-17-21(15-8-3-4-9-16(15)22-20(21)27)11-13-24(17)19(26)14-23-12-6-5-10-18(23)25/h3-4,8-9,17H,2,5-7,10-14H2,1H3,(H,22,27)/t17-,21+/m0/s1. The van der Waals surface area contributed by atoms with Crippen LogP contribution in [0.15, 0.2) is 24.3 Å². The van der Waals surface area contributed by atoms with Gasteiger partial charge in [-0.3, -0.25) is 14.4 Å². The van der Waals surface area contributed by atoms with Gasteiger partial charge in [0.15, 0.2) is 0 Å². The quantitative estimate of drug-likeness (QED) is 0.885. The zero-order valence-electron chi connectivity index (χ0n) is 15.9. The van der Waals surface area contributed by atoms with Crippen LogP contribution in [0, 0.1) is 0 Å². The van der Waals surface area contributed by atoms with Gasteiger partial charge in [0.25, 0.3) is 0 Å². The summed E-state index contributed by atoms with van der Waals surface area (Å²) < 4.78 is 0. The molecule has 3 aliphatic heterocycles. The van der Waals surface area contributed by atoms with Crippen molar-refractivity contribution in [1.29, 1.82) is 0 Å². The van der Waals surface area contributed by atoms with Crippen LogP contribution in [0.25, 0.3) is 0 Å². The van der Waals surface area contributed by atoms with E-state index in [1.807, 2.05) is 29.2 Å². The molecule has 27 heavy (non-hydrogen) atoms. The van der Waals surface area contributed by atoms with Crippen LogP contribution in [-0.2, 0) is 19.8 Å². The van der Waals surface area contributed by atoms with Gasteiger partial charge in [-0.1, -0.05) is 31.5 Å². The van der Waals surface area contributed by atoms with Gasteiger partial charge < -0.3 is 15.1 Å². The lowest BCUT2D eigenvalue weighted by atomic mass is 9.73. The third kappa shape index (κ3) is 2.82. The van der Waals surface area contributed by atoms with Crippen molar-refractivity contribution in [2.45, 2.75) is 56.9 Å². The predicted octanol–water partition coefficient (Wildman–Crippen LogP) is 2.29. The molecule has 1 N–H and O–H groups in total.